The number of aliphatic imine (C=N–C) groups is 1. The maximum absolute atomic E-state index is 4.86. The molecule has 3 rings (SSSR count). The van der Waals surface area contributed by atoms with Crippen molar-refractivity contribution in [3.8, 4) is 0 Å². The molecule has 2 aromatic heterocycles. The van der Waals surface area contributed by atoms with Gasteiger partial charge in [0.25, 0.3) is 0 Å². The maximum atomic E-state index is 4.86. The summed E-state index contributed by atoms with van der Waals surface area (Å²) >= 11 is 3.68. The third-order valence-corrected chi connectivity index (χ3v) is 6.84. The van der Waals surface area contributed by atoms with Crippen LogP contribution >= 0.6 is 22.7 Å². The molecule has 0 saturated heterocycles. The van der Waals surface area contributed by atoms with Crippen molar-refractivity contribution in [3.05, 3.63) is 31.7 Å². The molecule has 0 bridgehead atoms. The lowest BCUT2D eigenvalue weighted by Gasteiger charge is -2.20. The Bertz CT molecular complexity index is 711. The van der Waals surface area contributed by atoms with E-state index in [4.69, 9.17) is 9.98 Å². The second-order valence-electron chi connectivity index (χ2n) is 6.60. The van der Waals surface area contributed by atoms with Gasteiger partial charge in [-0.2, -0.15) is 0 Å². The van der Waals surface area contributed by atoms with Crippen LogP contribution in [0.25, 0.3) is 0 Å². The molecular weight excluding hydrogens is 362 g/mol. The van der Waals surface area contributed by atoms with Gasteiger partial charge in [-0.1, -0.05) is 6.92 Å². The highest BCUT2D eigenvalue weighted by Gasteiger charge is 2.16. The molecule has 0 radical (unpaired) electrons. The first-order chi connectivity index (χ1) is 12.7. The number of aromatic nitrogens is 2. The highest BCUT2D eigenvalue weighted by Crippen LogP contribution is 2.27. The molecule has 7 heteroatoms. The fraction of sp³-hybridized carbons (Fsp3) is 0.632. The van der Waals surface area contributed by atoms with Gasteiger partial charge in [0.2, 0.25) is 0 Å². The van der Waals surface area contributed by atoms with Crippen LogP contribution < -0.4 is 5.32 Å². The molecule has 26 heavy (non-hydrogen) atoms. The van der Waals surface area contributed by atoms with Crippen molar-refractivity contribution < 1.29 is 0 Å². The second-order valence-corrected chi connectivity index (χ2v) is 8.97. The molecule has 1 N–H and O–H groups in total. The summed E-state index contributed by atoms with van der Waals surface area (Å²) in [7, 11) is 2.10. The summed E-state index contributed by atoms with van der Waals surface area (Å²) in [6.07, 6.45) is 8.90. The van der Waals surface area contributed by atoms with E-state index in [-0.39, 0.29) is 0 Å². The van der Waals surface area contributed by atoms with Crippen LogP contribution in [0, 0.1) is 0 Å². The molecule has 0 amide bonds. The number of nitrogens with one attached hydrogen (secondary N) is 1. The first-order valence-corrected chi connectivity index (χ1v) is 11.2. The van der Waals surface area contributed by atoms with E-state index in [0.29, 0.717) is 0 Å². The van der Waals surface area contributed by atoms with E-state index in [1.807, 2.05) is 17.5 Å². The summed E-state index contributed by atoms with van der Waals surface area (Å²) < 4.78 is 0. The van der Waals surface area contributed by atoms with E-state index in [1.54, 1.807) is 11.3 Å². The van der Waals surface area contributed by atoms with Crippen molar-refractivity contribution in [1.29, 1.82) is 0 Å². The number of thiazole rings is 2. The number of nitrogens with zero attached hydrogens (tertiary/aromatic N) is 4. The van der Waals surface area contributed by atoms with Crippen molar-refractivity contribution in [2.45, 2.75) is 58.9 Å². The van der Waals surface area contributed by atoms with Crippen LogP contribution in [-0.4, -0.2) is 41.0 Å². The summed E-state index contributed by atoms with van der Waals surface area (Å²) in [6.45, 7) is 6.73. The lowest BCUT2D eigenvalue weighted by Crippen LogP contribution is -2.38. The van der Waals surface area contributed by atoms with Crippen LogP contribution in [0.1, 0.15) is 52.2 Å². The van der Waals surface area contributed by atoms with E-state index in [1.165, 1.54) is 44.7 Å². The van der Waals surface area contributed by atoms with Crippen molar-refractivity contribution in [1.82, 2.24) is 20.2 Å². The van der Waals surface area contributed by atoms with Crippen molar-refractivity contribution in [2.24, 2.45) is 4.99 Å². The standard InChI is InChI=1S/C19H29N5S2/c1-4-14-12-22-17(25-14)10-11-21-19(20-5-2)24(3)13-18-23-15-8-6-7-9-16(15)26-18/h12H,4-11,13H2,1-3H3,(H,20,21). The number of fused-ring (bicyclic) bond motifs is 1. The minimum Gasteiger partial charge on any atom is -0.357 e. The predicted molar refractivity (Wildman–Crippen MR) is 111 cm³/mol. The van der Waals surface area contributed by atoms with Crippen LogP contribution in [0.4, 0.5) is 0 Å². The molecule has 0 fully saturated rings. The largest absolute Gasteiger partial charge is 0.357 e. The molecule has 0 atom stereocenters. The summed E-state index contributed by atoms with van der Waals surface area (Å²) in [4.78, 5) is 19.2. The SMILES string of the molecule is CCNC(=NCCc1ncc(CC)s1)N(C)Cc1nc2c(s1)CCCC2. The first kappa shape index (κ1) is 19.3. The predicted octanol–water partition coefficient (Wildman–Crippen LogP) is 3.68. The van der Waals surface area contributed by atoms with Crippen LogP contribution in [-0.2, 0) is 32.2 Å². The monoisotopic (exact) mass is 391 g/mol. The van der Waals surface area contributed by atoms with Gasteiger partial charge in [-0.15, -0.1) is 22.7 Å². The maximum Gasteiger partial charge on any atom is 0.194 e. The summed E-state index contributed by atoms with van der Waals surface area (Å²) in [5.74, 6) is 0.952. The quantitative estimate of drug-likeness (QED) is 0.578. The molecule has 1 aliphatic rings. The van der Waals surface area contributed by atoms with Crippen molar-refractivity contribution in [3.63, 3.8) is 0 Å². The second kappa shape index (κ2) is 9.46. The molecule has 0 spiro atoms. The average Bonchev–Trinajstić information content (AvgIpc) is 3.26. The van der Waals surface area contributed by atoms with Crippen LogP contribution in [0.3, 0.4) is 0 Å². The summed E-state index contributed by atoms with van der Waals surface area (Å²) in [6, 6.07) is 0. The topological polar surface area (TPSA) is 53.4 Å². The first-order valence-electron chi connectivity index (χ1n) is 9.60. The Morgan fingerprint density at radius 2 is 2.08 bits per heavy atom. The molecule has 0 aromatic carbocycles. The Balaban J connectivity index is 1.59. The van der Waals surface area contributed by atoms with Crippen LogP contribution in [0.5, 0.6) is 0 Å². The van der Waals surface area contributed by atoms with Gasteiger partial charge in [0.15, 0.2) is 5.96 Å². The molecule has 2 aromatic rings. The average molecular weight is 392 g/mol. The highest BCUT2D eigenvalue weighted by atomic mass is 32.1. The van der Waals surface area contributed by atoms with Gasteiger partial charge in [0.05, 0.1) is 17.2 Å². The number of aryl methyl sites for hydroxylation is 3. The molecule has 142 valence electrons. The lowest BCUT2D eigenvalue weighted by molar-refractivity contribution is 0.475. The normalized spacial score (nSPS) is 14.3. The Morgan fingerprint density at radius 3 is 2.81 bits per heavy atom. The number of rotatable bonds is 7. The van der Waals surface area contributed by atoms with Gasteiger partial charge < -0.3 is 10.2 Å². The number of hydrogen-bond acceptors (Lipinski definition) is 5. The third-order valence-electron chi connectivity index (χ3n) is 4.50. The van der Waals surface area contributed by atoms with Crippen molar-refractivity contribution >= 4 is 28.6 Å². The van der Waals surface area contributed by atoms with Gasteiger partial charge in [-0.3, -0.25) is 4.99 Å². The van der Waals surface area contributed by atoms with Gasteiger partial charge in [-0.05, 0) is 39.0 Å². The van der Waals surface area contributed by atoms with Crippen LogP contribution in [0.15, 0.2) is 11.2 Å². The minimum atomic E-state index is 0.762. The molecule has 2 heterocycles. The van der Waals surface area contributed by atoms with Gasteiger partial charge in [0.1, 0.15) is 5.01 Å². The third kappa shape index (κ3) is 5.04. The molecule has 5 nitrogen and oxygen atoms in total. The van der Waals surface area contributed by atoms with E-state index < -0.39 is 0 Å². The Morgan fingerprint density at radius 1 is 1.23 bits per heavy atom. The zero-order valence-electron chi connectivity index (χ0n) is 16.0. The van der Waals surface area contributed by atoms with E-state index in [0.717, 1.165) is 44.9 Å². The Kier molecular flexibility index (Phi) is 7.02. The fourth-order valence-electron chi connectivity index (χ4n) is 3.11. The zero-order valence-corrected chi connectivity index (χ0v) is 17.7. The molecular formula is C19H29N5S2. The summed E-state index contributed by atoms with van der Waals surface area (Å²) in [5, 5.41) is 5.79. The minimum absolute atomic E-state index is 0.762. The van der Waals surface area contributed by atoms with Crippen molar-refractivity contribution in [2.75, 3.05) is 20.1 Å². The van der Waals surface area contributed by atoms with E-state index >= 15 is 0 Å². The van der Waals surface area contributed by atoms with Gasteiger partial charge in [0, 0.05) is 42.5 Å². The van der Waals surface area contributed by atoms with Gasteiger partial charge in [-0.25, -0.2) is 9.97 Å². The molecule has 1 aliphatic carbocycles. The highest BCUT2D eigenvalue weighted by molar-refractivity contribution is 7.12. The smallest absolute Gasteiger partial charge is 0.194 e. The fourth-order valence-corrected chi connectivity index (χ4v) is 5.17. The lowest BCUT2D eigenvalue weighted by atomic mass is 10.0. The Hall–Kier alpha value is -1.47. The van der Waals surface area contributed by atoms with Gasteiger partial charge >= 0.3 is 0 Å². The zero-order chi connectivity index (χ0) is 18.4. The Labute approximate surface area is 164 Å². The van der Waals surface area contributed by atoms with Crippen LogP contribution in [0.2, 0.25) is 0 Å². The number of hydrogen-bond donors (Lipinski definition) is 1. The number of guanidine groups is 1. The van der Waals surface area contributed by atoms with E-state index in [9.17, 15) is 0 Å². The summed E-state index contributed by atoms with van der Waals surface area (Å²) in [5.41, 5.74) is 1.34. The molecule has 0 saturated carbocycles. The van der Waals surface area contributed by atoms with E-state index in [2.05, 4.69) is 36.1 Å². The molecule has 0 aliphatic heterocycles. The molecule has 0 unspecified atom stereocenters.